The molecule has 0 unspecified atom stereocenters. The minimum Gasteiger partial charge on any atom is -0.458 e. The van der Waals surface area contributed by atoms with Crippen molar-refractivity contribution in [1.29, 1.82) is 0 Å². The van der Waals surface area contributed by atoms with Crippen LogP contribution in [0.2, 0.25) is 0 Å². The van der Waals surface area contributed by atoms with Crippen LogP contribution in [-0.4, -0.2) is 20.1 Å². The maximum Gasteiger partial charge on any atom is 0.256 e. The molecule has 0 aliphatic carbocycles. The summed E-state index contributed by atoms with van der Waals surface area (Å²) in [4.78, 5) is 12.4. The van der Waals surface area contributed by atoms with Crippen LogP contribution in [0.1, 0.15) is 0 Å². The van der Waals surface area contributed by atoms with E-state index in [0.717, 1.165) is 62.5 Å². The van der Waals surface area contributed by atoms with Crippen molar-refractivity contribution in [2.75, 3.05) is 24.5 Å². The fourth-order valence-electron chi connectivity index (χ4n) is 14.7. The lowest BCUT2D eigenvalue weighted by atomic mass is 9.29. The van der Waals surface area contributed by atoms with Crippen LogP contribution in [-0.2, 0) is 0 Å². The van der Waals surface area contributed by atoms with Gasteiger partial charge in [-0.1, -0.05) is 158 Å². The zero-order valence-corrected chi connectivity index (χ0v) is 43.9. The fraction of sp³-hybridized carbons (Fsp3) is 0. The molecule has 0 aromatic heterocycles. The molecule has 0 saturated carbocycles. The molecular formula is C72H46B3N5O. The number of ether oxygens (including phenoxy) is 1. The van der Waals surface area contributed by atoms with Gasteiger partial charge in [0.15, 0.2) is 0 Å². The van der Waals surface area contributed by atoms with Gasteiger partial charge in [-0.3, -0.25) is 0 Å². The minimum atomic E-state index is -0.187. The van der Waals surface area contributed by atoms with Crippen LogP contribution < -0.4 is 78.4 Å². The molecule has 6 aliphatic rings. The van der Waals surface area contributed by atoms with E-state index in [4.69, 9.17) is 4.74 Å². The van der Waals surface area contributed by atoms with Crippen molar-refractivity contribution in [1.82, 2.24) is 0 Å². The molecule has 6 heterocycles. The maximum absolute atomic E-state index is 7.44. The lowest BCUT2D eigenvalue weighted by Gasteiger charge is -2.46. The number of rotatable bonds is 5. The second kappa shape index (κ2) is 17.1. The SMILES string of the molecule is c1ccc(N2c3cc4c(cc3B3c5cc6c(cc5Oc5cccc2c53)N(c2ccccc2)c2cccc3c2B6c2ccccc2N3c2ccccc2)B2c3ccccc3N(c3ccccc3)c3cccc(c32)N4c2ccccc2)cc1. The van der Waals surface area contributed by atoms with Crippen LogP contribution in [0.5, 0.6) is 11.5 Å². The Hall–Kier alpha value is -10.4. The average molecular weight is 1030 g/mol. The first kappa shape index (κ1) is 44.6. The van der Waals surface area contributed by atoms with Crippen LogP contribution in [0.4, 0.5) is 85.3 Å². The van der Waals surface area contributed by atoms with E-state index in [1.165, 1.54) is 83.5 Å². The Bertz CT molecular complexity index is 4570. The highest BCUT2D eigenvalue weighted by atomic mass is 16.5. The van der Waals surface area contributed by atoms with E-state index in [1.54, 1.807) is 0 Å². The van der Waals surface area contributed by atoms with Gasteiger partial charge in [-0.15, -0.1) is 0 Å². The Labute approximate surface area is 471 Å². The van der Waals surface area contributed by atoms with E-state index < -0.39 is 0 Å². The summed E-state index contributed by atoms with van der Waals surface area (Å²) in [5.74, 6) is 1.75. The van der Waals surface area contributed by atoms with Gasteiger partial charge in [0.25, 0.3) is 20.1 Å². The maximum atomic E-state index is 7.44. The van der Waals surface area contributed by atoms with Crippen molar-refractivity contribution < 1.29 is 4.74 Å². The molecule has 0 spiro atoms. The van der Waals surface area contributed by atoms with Crippen LogP contribution in [0.15, 0.2) is 279 Å². The standard InChI is InChI=1S/C72H46B3N5O/c1-6-23-47(24-7-1)76-58-35-18-16-33-52(58)73-54-43-55-66(45-65(54)78(49-27-10-3-11-28-49)62-39-20-37-60(76)70(62)73)80(51-31-14-5-15-32-51)64-41-22-42-68-72(64)75(55)57-44-56-67(46-69(57)81-68)79(50-29-12-4-13-30-50)63-40-21-38-61-71(63)74(56)53-34-17-19-36-59(53)77(61)48-25-8-2-9-26-48/h1-46H. The third kappa shape index (κ3) is 6.26. The van der Waals surface area contributed by atoms with Gasteiger partial charge < -0.3 is 29.2 Å². The average Bonchev–Trinajstić information content (AvgIpc) is 1.71. The number of hydrogen-bond acceptors (Lipinski definition) is 6. The Kier molecular flexibility index (Phi) is 9.40. The van der Waals surface area contributed by atoms with E-state index in [1.807, 2.05) is 0 Å². The first-order valence-corrected chi connectivity index (χ1v) is 28.1. The summed E-state index contributed by atoms with van der Waals surface area (Å²) in [6.45, 7) is -0.330. The van der Waals surface area contributed by atoms with Crippen LogP contribution in [0.25, 0.3) is 0 Å². The smallest absolute Gasteiger partial charge is 0.256 e. The monoisotopic (exact) mass is 1030 g/mol. The van der Waals surface area contributed by atoms with Gasteiger partial charge in [-0.05, 0) is 164 Å². The molecule has 12 aromatic carbocycles. The molecule has 6 nitrogen and oxygen atoms in total. The van der Waals surface area contributed by atoms with Crippen molar-refractivity contribution in [3.63, 3.8) is 0 Å². The number of para-hydroxylation sites is 7. The van der Waals surface area contributed by atoms with Crippen molar-refractivity contribution >= 4 is 155 Å². The predicted octanol–water partition coefficient (Wildman–Crippen LogP) is 12.3. The largest absolute Gasteiger partial charge is 0.458 e. The summed E-state index contributed by atoms with van der Waals surface area (Å²) in [6, 6.07) is 103. The van der Waals surface area contributed by atoms with Gasteiger partial charge in [-0.2, -0.15) is 0 Å². The van der Waals surface area contributed by atoms with Crippen molar-refractivity contribution in [3.8, 4) is 11.5 Å². The number of fused-ring (bicyclic) bond motifs is 12. The summed E-state index contributed by atoms with van der Waals surface area (Å²) < 4.78 is 7.44. The van der Waals surface area contributed by atoms with Crippen molar-refractivity contribution in [2.45, 2.75) is 0 Å². The molecule has 6 aliphatic heterocycles. The molecule has 18 rings (SSSR count). The van der Waals surface area contributed by atoms with Crippen molar-refractivity contribution in [3.05, 3.63) is 279 Å². The molecule has 0 radical (unpaired) electrons. The van der Waals surface area contributed by atoms with Crippen LogP contribution >= 0.6 is 0 Å². The summed E-state index contributed by atoms with van der Waals surface area (Å²) in [7, 11) is 0. The first-order chi connectivity index (χ1) is 40.2. The van der Waals surface area contributed by atoms with Gasteiger partial charge >= 0.3 is 0 Å². The van der Waals surface area contributed by atoms with Crippen LogP contribution in [0.3, 0.4) is 0 Å². The Morgan fingerprint density at radius 3 is 0.901 bits per heavy atom. The van der Waals surface area contributed by atoms with E-state index in [9.17, 15) is 0 Å². The molecule has 0 saturated heterocycles. The molecule has 9 heteroatoms. The van der Waals surface area contributed by atoms with Gasteiger partial charge in [-0.25, -0.2) is 0 Å². The second-order valence-corrected chi connectivity index (χ2v) is 21.9. The van der Waals surface area contributed by atoms with Gasteiger partial charge in [0, 0.05) is 91.4 Å². The second-order valence-electron chi connectivity index (χ2n) is 21.9. The van der Waals surface area contributed by atoms with Gasteiger partial charge in [0.2, 0.25) is 0 Å². The first-order valence-electron chi connectivity index (χ1n) is 28.1. The summed E-state index contributed by atoms with van der Waals surface area (Å²) in [5.41, 5.74) is 28.5. The van der Waals surface area contributed by atoms with Gasteiger partial charge in [0.05, 0.1) is 0 Å². The Balaban J connectivity index is 0.926. The van der Waals surface area contributed by atoms with E-state index in [-0.39, 0.29) is 20.1 Å². The molecular weight excluding hydrogens is 983 g/mol. The number of anilines is 15. The number of nitrogens with zero attached hydrogens (tertiary/aromatic N) is 5. The predicted molar refractivity (Wildman–Crippen MR) is 340 cm³/mol. The number of hydrogen-bond donors (Lipinski definition) is 0. The van der Waals surface area contributed by atoms with E-state index >= 15 is 0 Å². The fourth-order valence-corrected chi connectivity index (χ4v) is 14.7. The quantitative estimate of drug-likeness (QED) is 0.159. The van der Waals surface area contributed by atoms with E-state index in [0.29, 0.717) is 0 Å². The highest BCUT2D eigenvalue weighted by Gasteiger charge is 2.50. The molecule has 374 valence electrons. The molecule has 0 bridgehead atoms. The zero-order valence-electron chi connectivity index (χ0n) is 43.9. The topological polar surface area (TPSA) is 25.4 Å². The van der Waals surface area contributed by atoms with E-state index in [2.05, 4.69) is 304 Å². The van der Waals surface area contributed by atoms with Gasteiger partial charge in [0.1, 0.15) is 11.5 Å². The van der Waals surface area contributed by atoms with Crippen LogP contribution in [0, 0.1) is 0 Å². The van der Waals surface area contributed by atoms with Crippen molar-refractivity contribution in [2.24, 2.45) is 0 Å². The molecule has 0 atom stereocenters. The lowest BCUT2D eigenvalue weighted by molar-refractivity contribution is 0.488. The molecule has 12 aromatic rings. The molecule has 0 amide bonds. The minimum absolute atomic E-state index is 0.0714. The lowest BCUT2D eigenvalue weighted by Crippen LogP contribution is -2.66. The summed E-state index contributed by atoms with van der Waals surface area (Å²) in [5, 5.41) is 0. The Morgan fingerprint density at radius 2 is 0.494 bits per heavy atom. The highest BCUT2D eigenvalue weighted by molar-refractivity contribution is 7.04. The summed E-state index contributed by atoms with van der Waals surface area (Å²) in [6.07, 6.45) is 0. The molecule has 0 N–H and O–H groups in total. The normalized spacial score (nSPS) is 14.1. The number of benzene rings is 12. The third-order valence-electron chi connectivity index (χ3n) is 17.8. The highest BCUT2D eigenvalue weighted by Crippen LogP contribution is 2.49. The Morgan fingerprint density at radius 1 is 0.198 bits per heavy atom. The molecule has 0 fully saturated rings. The zero-order chi connectivity index (χ0) is 52.9. The molecule has 81 heavy (non-hydrogen) atoms. The third-order valence-corrected chi connectivity index (χ3v) is 17.8. The summed E-state index contributed by atoms with van der Waals surface area (Å²) >= 11 is 0.